The molecule has 9 heteroatoms. The lowest BCUT2D eigenvalue weighted by Gasteiger charge is -2.35. The van der Waals surface area contributed by atoms with Crippen LogP contribution in [-0.4, -0.2) is 71.3 Å². The lowest BCUT2D eigenvalue weighted by atomic mass is 10.1. The van der Waals surface area contributed by atoms with Crippen LogP contribution in [0.2, 0.25) is 0 Å². The number of carbonyl (C=O) groups excluding carboxylic acids is 1. The molecule has 0 aromatic carbocycles. The molecule has 1 atom stereocenters. The van der Waals surface area contributed by atoms with E-state index < -0.39 is 10.2 Å². The van der Waals surface area contributed by atoms with Crippen LogP contribution in [-0.2, 0) is 21.5 Å². The van der Waals surface area contributed by atoms with E-state index in [4.69, 9.17) is 0 Å². The predicted molar refractivity (Wildman–Crippen MR) is 84.7 cm³/mol. The van der Waals surface area contributed by atoms with Crippen LogP contribution in [0, 0.1) is 0 Å². The van der Waals surface area contributed by atoms with E-state index in [0.717, 1.165) is 18.7 Å². The first kappa shape index (κ1) is 16.4. The molecule has 1 unspecified atom stereocenters. The smallest absolute Gasteiger partial charge is 0.281 e. The molecule has 1 fully saturated rings. The average molecular weight is 341 g/mol. The van der Waals surface area contributed by atoms with Gasteiger partial charge in [0.15, 0.2) is 0 Å². The van der Waals surface area contributed by atoms with Crippen LogP contribution in [0.15, 0.2) is 12.3 Å². The quantitative estimate of drug-likeness (QED) is 0.759. The number of rotatable bonds is 5. The van der Waals surface area contributed by atoms with Crippen LogP contribution in [0.1, 0.15) is 31.0 Å². The summed E-state index contributed by atoms with van der Waals surface area (Å²) in [5, 5.41) is 4.34. The van der Waals surface area contributed by atoms with Crippen molar-refractivity contribution in [2.45, 2.75) is 31.8 Å². The van der Waals surface area contributed by atoms with E-state index in [9.17, 15) is 13.2 Å². The summed E-state index contributed by atoms with van der Waals surface area (Å²) in [6.45, 7) is 2.17. The predicted octanol–water partition coefficient (Wildman–Crippen LogP) is 0.0587. The number of nitrogens with zero attached hydrogens (tertiary/aromatic N) is 5. The summed E-state index contributed by atoms with van der Waals surface area (Å²) in [7, 11) is -0.375. The van der Waals surface area contributed by atoms with Gasteiger partial charge in [-0.05, 0) is 18.9 Å². The minimum atomic E-state index is -3.46. The van der Waals surface area contributed by atoms with Gasteiger partial charge in [-0.15, -0.1) is 0 Å². The first-order chi connectivity index (χ1) is 10.9. The largest absolute Gasteiger partial charge is 0.343 e. The Kier molecular flexibility index (Phi) is 4.43. The number of likely N-dealkylation sites (tertiary alicyclic amines) is 1. The Labute approximate surface area is 136 Å². The maximum atomic E-state index is 12.4. The Bertz CT molecular complexity index is 684. The fourth-order valence-corrected chi connectivity index (χ4v) is 4.34. The molecule has 0 spiro atoms. The third kappa shape index (κ3) is 3.13. The molecule has 8 nitrogen and oxygen atoms in total. The van der Waals surface area contributed by atoms with Crippen molar-refractivity contribution in [1.29, 1.82) is 0 Å². The molecular formula is C14H23N5O3S. The van der Waals surface area contributed by atoms with Crippen LogP contribution in [0.25, 0.3) is 0 Å². The maximum Gasteiger partial charge on any atom is 0.281 e. The van der Waals surface area contributed by atoms with Crippen LogP contribution in [0.3, 0.4) is 0 Å². The van der Waals surface area contributed by atoms with E-state index in [-0.39, 0.29) is 11.9 Å². The molecule has 0 N–H and O–H groups in total. The second-order valence-corrected chi connectivity index (χ2v) is 8.42. The zero-order chi connectivity index (χ0) is 16.6. The highest BCUT2D eigenvalue weighted by Crippen LogP contribution is 2.26. The molecule has 1 aromatic heterocycles. The second kappa shape index (κ2) is 6.21. The number of amides is 1. The average Bonchev–Trinajstić information content (AvgIpc) is 3.13. The maximum absolute atomic E-state index is 12.4. The van der Waals surface area contributed by atoms with E-state index in [1.807, 2.05) is 15.6 Å². The van der Waals surface area contributed by atoms with Crippen molar-refractivity contribution in [3.05, 3.63) is 18.0 Å². The molecule has 128 valence electrons. The molecular weight excluding hydrogens is 318 g/mol. The first-order valence-electron chi connectivity index (χ1n) is 7.87. The minimum absolute atomic E-state index is 0.0446. The zero-order valence-corrected chi connectivity index (χ0v) is 14.4. The van der Waals surface area contributed by atoms with Crippen LogP contribution in [0.4, 0.5) is 0 Å². The third-order valence-electron chi connectivity index (χ3n) is 4.54. The summed E-state index contributed by atoms with van der Waals surface area (Å²) in [5.74, 6) is 0.194. The fourth-order valence-electron chi connectivity index (χ4n) is 3.22. The van der Waals surface area contributed by atoms with Gasteiger partial charge in [0.2, 0.25) is 5.91 Å². The Balaban J connectivity index is 1.75. The van der Waals surface area contributed by atoms with Crippen molar-refractivity contribution in [2.75, 3.05) is 33.7 Å². The van der Waals surface area contributed by atoms with E-state index >= 15 is 0 Å². The molecule has 2 aliphatic rings. The number of fused-ring (bicyclic) bond motifs is 1. The second-order valence-electron chi connectivity index (χ2n) is 6.28. The van der Waals surface area contributed by atoms with Crippen molar-refractivity contribution in [2.24, 2.45) is 0 Å². The molecule has 0 radical (unpaired) electrons. The normalized spacial score (nSPS) is 22.8. The Hall–Kier alpha value is -1.45. The van der Waals surface area contributed by atoms with Gasteiger partial charge in [0.1, 0.15) is 0 Å². The van der Waals surface area contributed by atoms with E-state index in [0.29, 0.717) is 32.5 Å². The SMILES string of the molecule is CN(C)S(=O)(=O)N1Cc2ccnn2C(CCN2CCCC2=O)C1. The Morgan fingerprint density at radius 3 is 2.83 bits per heavy atom. The van der Waals surface area contributed by atoms with E-state index in [1.165, 1.54) is 8.61 Å². The zero-order valence-electron chi connectivity index (χ0n) is 13.6. The van der Waals surface area contributed by atoms with Gasteiger partial charge in [-0.25, -0.2) is 0 Å². The fraction of sp³-hybridized carbons (Fsp3) is 0.714. The number of carbonyl (C=O) groups is 1. The van der Waals surface area contributed by atoms with Crippen molar-refractivity contribution < 1.29 is 13.2 Å². The molecule has 1 amide bonds. The molecule has 0 aliphatic carbocycles. The van der Waals surface area contributed by atoms with Crippen molar-refractivity contribution in [3.63, 3.8) is 0 Å². The van der Waals surface area contributed by atoms with Gasteiger partial charge in [0.05, 0.1) is 18.3 Å². The minimum Gasteiger partial charge on any atom is -0.343 e. The van der Waals surface area contributed by atoms with Gasteiger partial charge < -0.3 is 4.90 Å². The van der Waals surface area contributed by atoms with E-state index in [1.54, 1.807) is 20.3 Å². The lowest BCUT2D eigenvalue weighted by molar-refractivity contribution is -0.127. The highest BCUT2D eigenvalue weighted by atomic mass is 32.2. The highest BCUT2D eigenvalue weighted by molar-refractivity contribution is 7.86. The molecule has 0 saturated carbocycles. The first-order valence-corrected chi connectivity index (χ1v) is 9.27. The Morgan fingerprint density at radius 1 is 1.39 bits per heavy atom. The topological polar surface area (TPSA) is 78.8 Å². The number of hydrogen-bond acceptors (Lipinski definition) is 4. The molecule has 23 heavy (non-hydrogen) atoms. The summed E-state index contributed by atoms with van der Waals surface area (Å²) >= 11 is 0. The number of aromatic nitrogens is 2. The lowest BCUT2D eigenvalue weighted by Crippen LogP contribution is -2.46. The summed E-state index contributed by atoms with van der Waals surface area (Å²) in [6, 6.07) is 1.81. The van der Waals surface area contributed by atoms with Gasteiger partial charge in [-0.1, -0.05) is 0 Å². The van der Waals surface area contributed by atoms with Gasteiger partial charge in [-0.3, -0.25) is 9.48 Å². The van der Waals surface area contributed by atoms with Gasteiger partial charge >= 0.3 is 0 Å². The molecule has 2 aliphatic heterocycles. The van der Waals surface area contributed by atoms with Gasteiger partial charge in [0.25, 0.3) is 10.2 Å². The summed E-state index contributed by atoms with van der Waals surface area (Å²) in [6.07, 6.45) is 3.95. The van der Waals surface area contributed by atoms with Gasteiger partial charge in [0, 0.05) is 46.3 Å². The van der Waals surface area contributed by atoms with E-state index in [2.05, 4.69) is 5.10 Å². The van der Waals surface area contributed by atoms with Crippen LogP contribution in [0.5, 0.6) is 0 Å². The van der Waals surface area contributed by atoms with Crippen molar-refractivity contribution in [1.82, 2.24) is 23.3 Å². The highest BCUT2D eigenvalue weighted by Gasteiger charge is 2.34. The molecule has 0 bridgehead atoms. The monoisotopic (exact) mass is 341 g/mol. The molecule has 1 saturated heterocycles. The van der Waals surface area contributed by atoms with Crippen molar-refractivity contribution in [3.8, 4) is 0 Å². The Morgan fingerprint density at radius 2 is 2.17 bits per heavy atom. The molecule has 1 aromatic rings. The molecule has 3 rings (SSSR count). The summed E-state index contributed by atoms with van der Waals surface area (Å²) in [4.78, 5) is 13.6. The molecule has 3 heterocycles. The number of hydrogen-bond donors (Lipinski definition) is 0. The van der Waals surface area contributed by atoms with Crippen LogP contribution < -0.4 is 0 Å². The summed E-state index contributed by atoms with van der Waals surface area (Å²) in [5.41, 5.74) is 0.888. The third-order valence-corrected chi connectivity index (χ3v) is 6.40. The van der Waals surface area contributed by atoms with Crippen molar-refractivity contribution >= 4 is 16.1 Å². The van der Waals surface area contributed by atoms with Crippen LogP contribution >= 0.6 is 0 Å². The summed E-state index contributed by atoms with van der Waals surface area (Å²) < 4.78 is 29.5. The van der Waals surface area contributed by atoms with Gasteiger partial charge in [-0.2, -0.15) is 22.1 Å². The standard InChI is InChI=1S/C14H23N5O3S/c1-16(2)23(21,22)18-10-12-5-7-15-19(12)13(11-18)6-9-17-8-3-4-14(17)20/h5,7,13H,3-4,6,8-11H2,1-2H3.